The SMILES string of the molecule is COc1ccc(CN(CCCCCC(=O)NO)C(=O)c2c[nH]c3ccccc3c2=O)c(OC)c1. The Morgan fingerprint density at radius 2 is 1.85 bits per heavy atom. The van der Waals surface area contributed by atoms with E-state index in [0.29, 0.717) is 48.2 Å². The van der Waals surface area contributed by atoms with Gasteiger partial charge in [0.1, 0.15) is 17.1 Å². The van der Waals surface area contributed by atoms with E-state index >= 15 is 0 Å². The summed E-state index contributed by atoms with van der Waals surface area (Å²) >= 11 is 0. The molecule has 0 aliphatic carbocycles. The zero-order chi connectivity index (χ0) is 24.5. The molecule has 0 bridgehead atoms. The van der Waals surface area contributed by atoms with Crippen LogP contribution in [0.5, 0.6) is 11.5 Å². The van der Waals surface area contributed by atoms with Crippen LogP contribution in [0.1, 0.15) is 41.6 Å². The summed E-state index contributed by atoms with van der Waals surface area (Å²) in [6.45, 7) is 0.608. The Labute approximate surface area is 197 Å². The fourth-order valence-corrected chi connectivity index (χ4v) is 3.76. The van der Waals surface area contributed by atoms with Crippen molar-refractivity contribution in [3.05, 3.63) is 70.0 Å². The van der Waals surface area contributed by atoms with Gasteiger partial charge in [0, 0.05) is 48.2 Å². The number of nitrogens with one attached hydrogen (secondary N) is 2. The molecule has 1 heterocycles. The number of rotatable bonds is 11. The van der Waals surface area contributed by atoms with Gasteiger partial charge in [-0.1, -0.05) is 18.6 Å². The zero-order valence-electron chi connectivity index (χ0n) is 19.3. The van der Waals surface area contributed by atoms with Gasteiger partial charge in [-0.05, 0) is 37.1 Å². The third-order valence-corrected chi connectivity index (χ3v) is 5.62. The molecule has 0 saturated carbocycles. The molecule has 2 amide bonds. The van der Waals surface area contributed by atoms with Crippen LogP contribution in [-0.2, 0) is 11.3 Å². The Hall–Kier alpha value is -3.85. The number of para-hydroxylation sites is 1. The quantitative estimate of drug-likeness (QED) is 0.226. The van der Waals surface area contributed by atoms with Crippen LogP contribution in [0.15, 0.2) is 53.5 Å². The third-order valence-electron chi connectivity index (χ3n) is 5.62. The fourth-order valence-electron chi connectivity index (χ4n) is 3.76. The third kappa shape index (κ3) is 5.93. The predicted molar refractivity (Wildman–Crippen MR) is 127 cm³/mol. The number of unbranched alkanes of at least 4 members (excludes halogenated alkanes) is 2. The second-order valence-electron chi connectivity index (χ2n) is 7.83. The van der Waals surface area contributed by atoms with Gasteiger partial charge < -0.3 is 19.4 Å². The van der Waals surface area contributed by atoms with Crippen LogP contribution in [0, 0.1) is 0 Å². The molecule has 0 fully saturated rings. The molecule has 0 aliphatic heterocycles. The number of nitrogens with zero attached hydrogens (tertiary/aromatic N) is 1. The molecule has 3 rings (SSSR count). The van der Waals surface area contributed by atoms with E-state index in [-0.39, 0.29) is 24.0 Å². The van der Waals surface area contributed by atoms with Crippen molar-refractivity contribution < 1.29 is 24.3 Å². The summed E-state index contributed by atoms with van der Waals surface area (Å²) in [5, 5.41) is 9.07. The van der Waals surface area contributed by atoms with Crippen LogP contribution < -0.4 is 20.4 Å². The van der Waals surface area contributed by atoms with Crippen LogP contribution in [0.3, 0.4) is 0 Å². The molecule has 180 valence electrons. The summed E-state index contributed by atoms with van der Waals surface area (Å²) in [6, 6.07) is 12.4. The van der Waals surface area contributed by atoms with Gasteiger partial charge in [-0.25, -0.2) is 5.48 Å². The van der Waals surface area contributed by atoms with Gasteiger partial charge in [0.15, 0.2) is 0 Å². The van der Waals surface area contributed by atoms with Gasteiger partial charge in [-0.3, -0.25) is 19.6 Å². The fraction of sp³-hybridized carbons (Fsp3) is 0.320. The monoisotopic (exact) mass is 467 g/mol. The number of fused-ring (bicyclic) bond motifs is 1. The van der Waals surface area contributed by atoms with Crippen molar-refractivity contribution in [3.8, 4) is 11.5 Å². The molecule has 34 heavy (non-hydrogen) atoms. The molecule has 3 aromatic rings. The Bertz CT molecular complexity index is 1210. The average Bonchev–Trinajstić information content (AvgIpc) is 2.87. The number of pyridine rings is 1. The van der Waals surface area contributed by atoms with Crippen LogP contribution in [0.2, 0.25) is 0 Å². The number of aromatic nitrogens is 1. The van der Waals surface area contributed by atoms with Crippen LogP contribution in [0.4, 0.5) is 0 Å². The predicted octanol–water partition coefficient (Wildman–Crippen LogP) is 3.25. The first-order chi connectivity index (χ1) is 16.5. The van der Waals surface area contributed by atoms with Crippen molar-refractivity contribution in [2.24, 2.45) is 0 Å². The van der Waals surface area contributed by atoms with Crippen molar-refractivity contribution in [2.45, 2.75) is 32.2 Å². The summed E-state index contributed by atoms with van der Waals surface area (Å²) in [7, 11) is 3.11. The van der Waals surface area contributed by atoms with Crippen molar-refractivity contribution in [1.29, 1.82) is 0 Å². The first-order valence-electron chi connectivity index (χ1n) is 11.0. The molecule has 9 nitrogen and oxygen atoms in total. The molecule has 0 saturated heterocycles. The number of benzene rings is 2. The zero-order valence-corrected chi connectivity index (χ0v) is 19.3. The number of hydrogen-bond donors (Lipinski definition) is 3. The number of methoxy groups -OCH3 is 2. The minimum absolute atomic E-state index is 0.0610. The first kappa shape index (κ1) is 24.8. The second kappa shape index (κ2) is 11.9. The van der Waals surface area contributed by atoms with Crippen molar-refractivity contribution in [2.75, 3.05) is 20.8 Å². The van der Waals surface area contributed by atoms with Crippen molar-refractivity contribution >= 4 is 22.7 Å². The van der Waals surface area contributed by atoms with E-state index in [1.807, 2.05) is 12.1 Å². The number of carbonyl (C=O) groups excluding carboxylic acids is 2. The number of ether oxygens (including phenoxy) is 2. The molecule has 0 aliphatic rings. The van der Waals surface area contributed by atoms with Gasteiger partial charge >= 0.3 is 0 Å². The normalized spacial score (nSPS) is 10.7. The minimum Gasteiger partial charge on any atom is -0.497 e. The van der Waals surface area contributed by atoms with Crippen LogP contribution >= 0.6 is 0 Å². The highest BCUT2D eigenvalue weighted by molar-refractivity contribution is 5.97. The summed E-state index contributed by atoms with van der Waals surface area (Å²) in [5.74, 6) is 0.368. The number of hydrogen-bond acceptors (Lipinski definition) is 6. The summed E-state index contributed by atoms with van der Waals surface area (Å²) in [4.78, 5) is 42.4. The number of carbonyl (C=O) groups is 2. The largest absolute Gasteiger partial charge is 0.497 e. The van der Waals surface area contributed by atoms with E-state index in [0.717, 1.165) is 5.56 Å². The molecule has 1 aromatic heterocycles. The summed E-state index contributed by atoms with van der Waals surface area (Å²) < 4.78 is 10.7. The average molecular weight is 468 g/mol. The highest BCUT2D eigenvalue weighted by Crippen LogP contribution is 2.26. The van der Waals surface area contributed by atoms with Gasteiger partial charge in [-0.2, -0.15) is 0 Å². The van der Waals surface area contributed by atoms with Crippen molar-refractivity contribution in [1.82, 2.24) is 15.4 Å². The Morgan fingerprint density at radius 3 is 2.59 bits per heavy atom. The number of hydroxylamine groups is 1. The van der Waals surface area contributed by atoms with E-state index in [9.17, 15) is 14.4 Å². The smallest absolute Gasteiger partial charge is 0.259 e. The van der Waals surface area contributed by atoms with E-state index in [1.165, 1.54) is 6.20 Å². The maximum Gasteiger partial charge on any atom is 0.259 e. The molecular formula is C25H29N3O6. The maximum absolute atomic E-state index is 13.5. The standard InChI is InChI=1S/C25H29N3O6/c1-33-18-12-11-17(22(14-18)34-2)16-28(13-7-3-4-10-23(29)27-32)25(31)20-15-26-21-9-6-5-8-19(21)24(20)30/h5-6,8-9,11-12,14-15,32H,3-4,7,10,13,16H2,1-2H3,(H,26,30)(H,27,29). The second-order valence-corrected chi connectivity index (χ2v) is 7.83. The van der Waals surface area contributed by atoms with Gasteiger partial charge in [0.05, 0.1) is 14.2 Å². The molecule has 0 radical (unpaired) electrons. The molecule has 0 atom stereocenters. The minimum atomic E-state index is -0.446. The molecule has 0 spiro atoms. The molecular weight excluding hydrogens is 438 g/mol. The maximum atomic E-state index is 13.5. The topological polar surface area (TPSA) is 121 Å². The number of aromatic amines is 1. The summed E-state index contributed by atoms with van der Waals surface area (Å²) in [5.41, 5.74) is 2.78. The Morgan fingerprint density at radius 1 is 1.06 bits per heavy atom. The summed E-state index contributed by atoms with van der Waals surface area (Å²) in [6.07, 6.45) is 3.51. The molecule has 9 heteroatoms. The lowest BCUT2D eigenvalue weighted by atomic mass is 10.1. The van der Waals surface area contributed by atoms with Crippen LogP contribution in [0.25, 0.3) is 10.9 Å². The molecule has 2 aromatic carbocycles. The Kier molecular flexibility index (Phi) is 8.64. The molecule has 0 unspecified atom stereocenters. The lowest BCUT2D eigenvalue weighted by Crippen LogP contribution is -2.35. The van der Waals surface area contributed by atoms with E-state index in [1.54, 1.807) is 54.9 Å². The van der Waals surface area contributed by atoms with E-state index in [2.05, 4.69) is 4.98 Å². The molecule has 3 N–H and O–H groups in total. The van der Waals surface area contributed by atoms with Gasteiger partial charge in [-0.15, -0.1) is 0 Å². The Balaban J connectivity index is 1.85. The van der Waals surface area contributed by atoms with Gasteiger partial charge in [0.2, 0.25) is 11.3 Å². The van der Waals surface area contributed by atoms with Crippen molar-refractivity contribution in [3.63, 3.8) is 0 Å². The number of amides is 2. The highest BCUT2D eigenvalue weighted by atomic mass is 16.5. The van der Waals surface area contributed by atoms with Gasteiger partial charge in [0.25, 0.3) is 5.91 Å². The highest BCUT2D eigenvalue weighted by Gasteiger charge is 2.21. The lowest BCUT2D eigenvalue weighted by Gasteiger charge is -2.24. The van der Waals surface area contributed by atoms with E-state index in [4.69, 9.17) is 14.7 Å². The van der Waals surface area contributed by atoms with Crippen LogP contribution in [-0.4, -0.2) is 47.7 Å². The van der Waals surface area contributed by atoms with E-state index < -0.39 is 11.8 Å². The number of H-pyrrole nitrogens is 1. The lowest BCUT2D eigenvalue weighted by molar-refractivity contribution is -0.129. The first-order valence-corrected chi connectivity index (χ1v) is 11.0.